The molecule has 0 rings (SSSR count). The molecular weight excluding hydrogens is 332 g/mol. The molecule has 0 unspecified atom stereocenters. The number of ether oxygens (including phenoxy) is 1. The molecule has 0 aromatic carbocycles. The van der Waals surface area contributed by atoms with Crippen molar-refractivity contribution >= 4 is 5.97 Å². The summed E-state index contributed by atoms with van der Waals surface area (Å²) in [5.41, 5.74) is -1.01. The van der Waals surface area contributed by atoms with Crippen molar-refractivity contribution in [1.29, 1.82) is 0 Å². The van der Waals surface area contributed by atoms with E-state index in [9.17, 15) is 4.79 Å². The highest BCUT2D eigenvalue weighted by Gasteiger charge is 2.34. The first-order valence-corrected chi connectivity index (χ1v) is 8.46. The molecule has 0 heterocycles. The van der Waals surface area contributed by atoms with E-state index in [0.717, 1.165) is 12.8 Å². The second-order valence-corrected chi connectivity index (χ2v) is 7.77. The molecule has 0 aliphatic carbocycles. The molecule has 0 aliphatic heterocycles. The van der Waals surface area contributed by atoms with Crippen LogP contribution < -0.4 is 0 Å². The van der Waals surface area contributed by atoms with Crippen molar-refractivity contribution in [1.82, 2.24) is 0 Å². The molecule has 0 aromatic heterocycles. The highest BCUT2D eigenvalue weighted by Crippen LogP contribution is 2.26. The van der Waals surface area contributed by atoms with Gasteiger partial charge in [0.05, 0.1) is 24.2 Å². The number of hydrogen-bond donors (Lipinski definition) is 2. The van der Waals surface area contributed by atoms with Crippen LogP contribution in [-0.2, 0) is 29.1 Å². The van der Waals surface area contributed by atoms with Gasteiger partial charge in [0.1, 0.15) is 0 Å². The van der Waals surface area contributed by atoms with Crippen molar-refractivity contribution in [3.63, 3.8) is 0 Å². The molecule has 152 valence electrons. The van der Waals surface area contributed by atoms with Crippen LogP contribution in [0.4, 0.5) is 0 Å². The Kier molecular flexibility index (Phi) is 13.3. The lowest BCUT2D eigenvalue weighted by Crippen LogP contribution is -2.39. The molecule has 25 heavy (non-hydrogen) atoms. The normalized spacial score (nSPS) is 12.4. The number of carbonyl (C=O) groups is 1. The molecule has 0 fully saturated rings. The van der Waals surface area contributed by atoms with Gasteiger partial charge in [0.2, 0.25) is 5.79 Å². The molecule has 0 saturated carbocycles. The van der Waals surface area contributed by atoms with Gasteiger partial charge >= 0.3 is 5.97 Å². The molecular formula is C17H36O8. The molecule has 0 radical (unpaired) electrons. The van der Waals surface area contributed by atoms with Crippen LogP contribution in [0.5, 0.6) is 0 Å². The van der Waals surface area contributed by atoms with Crippen molar-refractivity contribution in [2.75, 3.05) is 6.61 Å². The first kappa shape index (κ1) is 26.5. The maximum atomic E-state index is 11.8. The third-order valence-corrected chi connectivity index (χ3v) is 2.48. The van der Waals surface area contributed by atoms with Crippen molar-refractivity contribution < 1.29 is 39.6 Å². The van der Waals surface area contributed by atoms with E-state index in [1.807, 2.05) is 48.5 Å². The zero-order valence-corrected chi connectivity index (χ0v) is 16.9. The fourth-order valence-corrected chi connectivity index (χ4v) is 1.26. The zero-order valence-electron chi connectivity index (χ0n) is 16.9. The van der Waals surface area contributed by atoms with E-state index >= 15 is 0 Å². The van der Waals surface area contributed by atoms with E-state index in [4.69, 9.17) is 34.8 Å². The van der Waals surface area contributed by atoms with Gasteiger partial charge < -0.3 is 4.74 Å². The van der Waals surface area contributed by atoms with E-state index in [-0.39, 0.29) is 18.8 Å². The second-order valence-electron chi connectivity index (χ2n) is 7.77. The van der Waals surface area contributed by atoms with Gasteiger partial charge in [0.25, 0.3) is 0 Å². The minimum atomic E-state index is -1.20. The second kappa shape index (κ2) is 12.6. The predicted molar refractivity (Wildman–Crippen MR) is 92.6 cm³/mol. The van der Waals surface area contributed by atoms with E-state index in [0.29, 0.717) is 6.61 Å². The maximum absolute atomic E-state index is 11.8. The average Bonchev–Trinajstić information content (AvgIpc) is 2.50. The monoisotopic (exact) mass is 368 g/mol. The van der Waals surface area contributed by atoms with Gasteiger partial charge in [-0.2, -0.15) is 9.78 Å². The minimum Gasteiger partial charge on any atom is -0.466 e. The van der Waals surface area contributed by atoms with E-state index in [1.54, 1.807) is 6.92 Å². The number of carbonyl (C=O) groups excluding carboxylic acids is 1. The molecule has 0 spiro atoms. The van der Waals surface area contributed by atoms with Gasteiger partial charge in [-0.3, -0.25) is 15.3 Å². The smallest absolute Gasteiger partial charge is 0.305 e. The summed E-state index contributed by atoms with van der Waals surface area (Å²) in [5.74, 6) is -1.49. The topological polar surface area (TPSA) is 104 Å². The summed E-state index contributed by atoms with van der Waals surface area (Å²) in [6, 6.07) is 0. The molecule has 0 aromatic rings. The van der Waals surface area contributed by atoms with E-state index < -0.39 is 17.0 Å². The minimum absolute atomic E-state index is 0.154. The third kappa shape index (κ3) is 17.8. The Hall–Kier alpha value is -0.770. The van der Waals surface area contributed by atoms with Crippen LogP contribution in [0, 0.1) is 0 Å². The van der Waals surface area contributed by atoms with Crippen LogP contribution in [0.1, 0.15) is 81.1 Å². The Bertz CT molecular complexity index is 326. The van der Waals surface area contributed by atoms with Crippen LogP contribution in [0.2, 0.25) is 0 Å². The summed E-state index contributed by atoms with van der Waals surface area (Å²) in [5, 5.41) is 12.0. The predicted octanol–water partition coefficient (Wildman–Crippen LogP) is 4.34. The molecule has 0 saturated heterocycles. The standard InChI is InChI=1S/C17H34O6.H2O2/c1-9-10-13-19-14(18)11-12-17(8,22-20-15(2,3)4)23-21-16(5,6)7;1-2/h9-13H2,1-8H3;1-2H. The average molecular weight is 368 g/mol. The Morgan fingerprint density at radius 3 is 1.64 bits per heavy atom. The third-order valence-electron chi connectivity index (χ3n) is 2.48. The highest BCUT2D eigenvalue weighted by molar-refractivity contribution is 5.69. The number of esters is 1. The zero-order chi connectivity index (χ0) is 20.1. The number of rotatable bonds is 10. The summed E-state index contributed by atoms with van der Waals surface area (Å²) in [4.78, 5) is 33.2. The molecule has 8 heteroatoms. The first-order valence-electron chi connectivity index (χ1n) is 8.46. The molecule has 2 N–H and O–H groups in total. The quantitative estimate of drug-likeness (QED) is 0.193. The van der Waals surface area contributed by atoms with Crippen LogP contribution in [0.25, 0.3) is 0 Å². The van der Waals surface area contributed by atoms with Gasteiger partial charge in [-0.15, -0.1) is 0 Å². The maximum Gasteiger partial charge on any atom is 0.305 e. The van der Waals surface area contributed by atoms with Gasteiger partial charge in [-0.1, -0.05) is 13.3 Å². The fraction of sp³-hybridized carbons (Fsp3) is 0.941. The summed E-state index contributed by atoms with van der Waals surface area (Å²) >= 11 is 0. The lowest BCUT2D eigenvalue weighted by molar-refractivity contribution is -0.537. The Morgan fingerprint density at radius 2 is 1.28 bits per heavy atom. The van der Waals surface area contributed by atoms with E-state index in [1.165, 1.54) is 0 Å². The molecule has 0 bridgehead atoms. The van der Waals surface area contributed by atoms with Gasteiger partial charge in [0.15, 0.2) is 0 Å². The number of unbranched alkanes of at least 4 members (excludes halogenated alkanes) is 1. The lowest BCUT2D eigenvalue weighted by atomic mass is 10.1. The summed E-state index contributed by atoms with van der Waals surface area (Å²) in [6.07, 6.45) is 2.25. The van der Waals surface area contributed by atoms with Crippen LogP contribution in [0.15, 0.2) is 0 Å². The lowest BCUT2D eigenvalue weighted by Gasteiger charge is -2.32. The Labute approximate surface area is 151 Å². The Balaban J connectivity index is 0. The Morgan fingerprint density at radius 1 is 0.840 bits per heavy atom. The van der Waals surface area contributed by atoms with Gasteiger partial charge in [-0.05, 0) is 54.9 Å². The van der Waals surface area contributed by atoms with Crippen molar-refractivity contribution in [2.24, 2.45) is 0 Å². The molecule has 0 aliphatic rings. The van der Waals surface area contributed by atoms with Crippen molar-refractivity contribution in [3.05, 3.63) is 0 Å². The highest BCUT2D eigenvalue weighted by atomic mass is 17.3. The summed E-state index contributed by atoms with van der Waals surface area (Å²) < 4.78 is 5.14. The SMILES string of the molecule is CCCCOC(=O)CCC(C)(OOC(C)(C)C)OOC(C)(C)C.OO. The van der Waals surface area contributed by atoms with Crippen molar-refractivity contribution in [2.45, 2.75) is 98.1 Å². The number of hydrogen-bond acceptors (Lipinski definition) is 8. The summed E-state index contributed by atoms with van der Waals surface area (Å²) in [6.45, 7) is 15.3. The van der Waals surface area contributed by atoms with E-state index in [2.05, 4.69) is 0 Å². The fourth-order valence-electron chi connectivity index (χ4n) is 1.26. The molecule has 0 amide bonds. The van der Waals surface area contributed by atoms with Crippen molar-refractivity contribution in [3.8, 4) is 0 Å². The first-order chi connectivity index (χ1) is 11.4. The van der Waals surface area contributed by atoms with Gasteiger partial charge in [0, 0.05) is 6.42 Å². The van der Waals surface area contributed by atoms with Crippen LogP contribution in [-0.4, -0.2) is 40.1 Å². The summed E-state index contributed by atoms with van der Waals surface area (Å²) in [7, 11) is 0. The largest absolute Gasteiger partial charge is 0.466 e. The van der Waals surface area contributed by atoms with Crippen LogP contribution >= 0.6 is 0 Å². The van der Waals surface area contributed by atoms with Crippen LogP contribution in [0.3, 0.4) is 0 Å². The van der Waals surface area contributed by atoms with Gasteiger partial charge in [-0.25, -0.2) is 9.78 Å². The molecule has 8 nitrogen and oxygen atoms in total. The molecule has 0 atom stereocenters.